The van der Waals surface area contributed by atoms with Crippen LogP contribution in [0, 0.1) is 11.3 Å². The summed E-state index contributed by atoms with van der Waals surface area (Å²) in [4.78, 5) is 4.16. The van der Waals surface area contributed by atoms with Gasteiger partial charge in [-0.25, -0.2) is 9.67 Å². The molecule has 5 nitrogen and oxygen atoms in total. The van der Waals surface area contributed by atoms with Crippen molar-refractivity contribution in [3.8, 4) is 11.8 Å². The number of nitrogens with two attached hydrogens (primary N) is 1. The molecular weight excluding hydrogens is 366 g/mol. The minimum Gasteiger partial charge on any atom is -0.381 e. The Morgan fingerprint density at radius 3 is 2.25 bits per heavy atom. The molecule has 10 heteroatoms. The number of alkyl halides is 3. The van der Waals surface area contributed by atoms with Gasteiger partial charge in [-0.05, 0) is 26.0 Å². The van der Waals surface area contributed by atoms with Crippen LogP contribution in [0.3, 0.4) is 0 Å². The highest BCUT2D eigenvalue weighted by atomic mass is 35.5. The number of rotatable bonds is 2. The van der Waals surface area contributed by atoms with Crippen molar-refractivity contribution < 1.29 is 13.2 Å². The smallest absolute Gasteiger partial charge is 0.381 e. The predicted molar refractivity (Wildman–Crippen MR) is 86.2 cm³/mol. The molecule has 1 aromatic heterocycles. The molecule has 0 fully saturated rings. The molecule has 0 radical (unpaired) electrons. The first-order valence-corrected chi connectivity index (χ1v) is 7.19. The second kappa shape index (κ2) is 6.34. The molecule has 0 atom stereocenters. The van der Waals surface area contributed by atoms with Crippen LogP contribution in [0.1, 0.15) is 25.0 Å². The van der Waals surface area contributed by atoms with Gasteiger partial charge in [0.2, 0.25) is 0 Å². The van der Waals surface area contributed by atoms with E-state index in [-0.39, 0.29) is 32.9 Å². The van der Waals surface area contributed by atoms with Crippen molar-refractivity contribution in [2.45, 2.75) is 20.0 Å². The average Bonchev–Trinajstić information content (AvgIpc) is 2.72. The maximum absolute atomic E-state index is 12.8. The minimum absolute atomic E-state index is 0.0248. The van der Waals surface area contributed by atoms with Crippen LogP contribution < -0.4 is 5.73 Å². The number of nitrogens with zero attached hydrogens (tertiary/aromatic N) is 4. The van der Waals surface area contributed by atoms with Gasteiger partial charge in [0.05, 0.1) is 15.6 Å². The molecule has 2 N–H and O–H groups in total. The second-order valence-electron chi connectivity index (χ2n) is 4.95. The Hall–Kier alpha value is -2.24. The summed E-state index contributed by atoms with van der Waals surface area (Å²) in [7, 11) is 0. The molecule has 0 saturated heterocycles. The van der Waals surface area contributed by atoms with Crippen LogP contribution in [-0.4, -0.2) is 15.5 Å². The van der Waals surface area contributed by atoms with Gasteiger partial charge >= 0.3 is 6.18 Å². The monoisotopic (exact) mass is 375 g/mol. The lowest BCUT2D eigenvalue weighted by atomic mass is 10.2. The summed E-state index contributed by atoms with van der Waals surface area (Å²) in [6, 6.07) is 3.29. The van der Waals surface area contributed by atoms with Crippen molar-refractivity contribution in [3.63, 3.8) is 0 Å². The molecule has 0 saturated carbocycles. The molecule has 126 valence electrons. The molecule has 0 aliphatic carbocycles. The highest BCUT2D eigenvalue weighted by Gasteiger charge is 2.33. The standard InChI is InChI=1S/C14H10Cl2F3N5/c1-6(2)22-13-8(5-20)12(21)23-24(13)11-9(15)3-7(4-10(11)16)14(17,18)19/h3-4H,1-2H3,(H2,21,23). The number of nitriles is 1. The van der Waals surface area contributed by atoms with Crippen molar-refractivity contribution in [2.24, 2.45) is 4.99 Å². The van der Waals surface area contributed by atoms with Gasteiger partial charge in [0, 0.05) is 5.71 Å². The molecule has 0 aliphatic rings. The van der Waals surface area contributed by atoms with Gasteiger partial charge in [-0.15, -0.1) is 5.10 Å². The van der Waals surface area contributed by atoms with Crippen LogP contribution in [0.5, 0.6) is 0 Å². The SMILES string of the molecule is CC(C)=Nc1c(C#N)c(N)nn1-c1c(Cl)cc(C(F)(F)F)cc1Cl. The normalized spacial score (nSPS) is 11.2. The summed E-state index contributed by atoms with van der Waals surface area (Å²) in [6.07, 6.45) is -4.60. The van der Waals surface area contributed by atoms with Gasteiger partial charge in [0.15, 0.2) is 11.6 Å². The summed E-state index contributed by atoms with van der Waals surface area (Å²) >= 11 is 11.9. The van der Waals surface area contributed by atoms with Gasteiger partial charge in [-0.3, -0.25) is 0 Å². The van der Waals surface area contributed by atoms with Crippen molar-refractivity contribution >= 4 is 40.5 Å². The average molecular weight is 376 g/mol. The fourth-order valence-corrected chi connectivity index (χ4v) is 2.58. The lowest BCUT2D eigenvalue weighted by Gasteiger charge is -2.13. The molecule has 1 aromatic carbocycles. The molecule has 2 rings (SSSR count). The molecule has 24 heavy (non-hydrogen) atoms. The Morgan fingerprint density at radius 1 is 1.29 bits per heavy atom. The van der Waals surface area contributed by atoms with Gasteiger partial charge in [-0.1, -0.05) is 23.2 Å². The van der Waals surface area contributed by atoms with Crippen molar-refractivity contribution in [1.82, 2.24) is 9.78 Å². The zero-order chi connectivity index (χ0) is 18.2. The van der Waals surface area contributed by atoms with E-state index >= 15 is 0 Å². The van der Waals surface area contributed by atoms with E-state index in [1.165, 1.54) is 0 Å². The summed E-state index contributed by atoms with van der Waals surface area (Å²) in [5.41, 5.74) is 5.18. The minimum atomic E-state index is -4.60. The fraction of sp³-hybridized carbons (Fsp3) is 0.214. The maximum atomic E-state index is 12.8. The van der Waals surface area contributed by atoms with E-state index in [2.05, 4.69) is 10.1 Å². The molecule has 0 aliphatic heterocycles. The maximum Gasteiger partial charge on any atom is 0.416 e. The largest absolute Gasteiger partial charge is 0.416 e. The third kappa shape index (κ3) is 3.32. The fourth-order valence-electron chi connectivity index (χ4n) is 1.94. The first-order chi connectivity index (χ1) is 11.1. The number of aromatic nitrogens is 2. The van der Waals surface area contributed by atoms with Crippen molar-refractivity contribution in [1.29, 1.82) is 5.26 Å². The van der Waals surface area contributed by atoms with E-state index < -0.39 is 11.7 Å². The van der Waals surface area contributed by atoms with E-state index in [9.17, 15) is 18.4 Å². The summed E-state index contributed by atoms with van der Waals surface area (Å²) in [6.45, 7) is 3.34. The predicted octanol–water partition coefficient (Wildman–Crippen LogP) is 4.76. The first-order valence-electron chi connectivity index (χ1n) is 6.43. The number of benzene rings is 1. The van der Waals surface area contributed by atoms with Crippen LogP contribution in [0.2, 0.25) is 10.0 Å². The topological polar surface area (TPSA) is 80.0 Å². The molecule has 1 heterocycles. The Kier molecular flexibility index (Phi) is 4.78. The van der Waals surface area contributed by atoms with Crippen molar-refractivity contribution in [3.05, 3.63) is 33.3 Å². The number of aliphatic imine (C=N–C) groups is 1. The molecule has 0 bridgehead atoms. The van der Waals surface area contributed by atoms with Crippen LogP contribution >= 0.6 is 23.2 Å². The number of halogens is 5. The molecule has 0 spiro atoms. The van der Waals surface area contributed by atoms with Gasteiger partial charge in [-0.2, -0.15) is 18.4 Å². The number of anilines is 1. The van der Waals surface area contributed by atoms with Crippen molar-refractivity contribution in [2.75, 3.05) is 5.73 Å². The quantitative estimate of drug-likeness (QED) is 0.768. The van der Waals surface area contributed by atoms with Crippen LogP contribution in [0.4, 0.5) is 24.8 Å². The summed E-state index contributed by atoms with van der Waals surface area (Å²) in [5, 5.41) is 12.5. The van der Waals surface area contributed by atoms with Crippen LogP contribution in [-0.2, 0) is 6.18 Å². The number of hydrogen-bond acceptors (Lipinski definition) is 4. The van der Waals surface area contributed by atoms with E-state index in [1.807, 2.05) is 6.07 Å². The highest BCUT2D eigenvalue weighted by Crippen LogP contribution is 2.39. The Balaban J connectivity index is 2.79. The summed E-state index contributed by atoms with van der Waals surface area (Å²) in [5.74, 6) is -0.0944. The van der Waals surface area contributed by atoms with Gasteiger partial charge in [0.1, 0.15) is 17.3 Å². The van der Waals surface area contributed by atoms with E-state index in [4.69, 9.17) is 28.9 Å². The highest BCUT2D eigenvalue weighted by molar-refractivity contribution is 6.38. The Morgan fingerprint density at radius 2 is 1.83 bits per heavy atom. The zero-order valence-corrected chi connectivity index (χ0v) is 13.9. The molecule has 2 aromatic rings. The first kappa shape index (κ1) is 18.1. The zero-order valence-electron chi connectivity index (χ0n) is 12.4. The second-order valence-corrected chi connectivity index (χ2v) is 5.77. The van der Waals surface area contributed by atoms with Gasteiger partial charge in [0.25, 0.3) is 0 Å². The third-order valence-corrected chi connectivity index (χ3v) is 3.46. The Bertz CT molecular complexity index is 851. The lowest BCUT2D eigenvalue weighted by molar-refractivity contribution is -0.137. The van der Waals surface area contributed by atoms with E-state index in [0.29, 0.717) is 5.71 Å². The van der Waals surface area contributed by atoms with Crippen LogP contribution in [0.15, 0.2) is 17.1 Å². The third-order valence-electron chi connectivity index (χ3n) is 2.89. The molecular formula is C14H10Cl2F3N5. The molecule has 0 amide bonds. The van der Waals surface area contributed by atoms with E-state index in [0.717, 1.165) is 16.8 Å². The van der Waals surface area contributed by atoms with Gasteiger partial charge < -0.3 is 5.73 Å². The number of hydrogen-bond donors (Lipinski definition) is 1. The van der Waals surface area contributed by atoms with E-state index in [1.54, 1.807) is 13.8 Å². The molecule has 0 unspecified atom stereocenters. The number of nitrogen functional groups attached to an aromatic ring is 1. The van der Waals surface area contributed by atoms with Crippen LogP contribution in [0.25, 0.3) is 5.69 Å². The lowest BCUT2D eigenvalue weighted by Crippen LogP contribution is -2.07. The Labute approximate surface area is 145 Å². The summed E-state index contributed by atoms with van der Waals surface area (Å²) < 4.78 is 39.6.